The van der Waals surface area contributed by atoms with Gasteiger partial charge in [-0.3, -0.25) is 0 Å². The molecule has 0 atom stereocenters. The van der Waals surface area contributed by atoms with E-state index in [0.717, 1.165) is 6.42 Å². The number of hydrogen-bond acceptors (Lipinski definition) is 2. The molecular weight excluding hydrogens is 246 g/mol. The third-order valence-corrected chi connectivity index (χ3v) is 4.85. The Morgan fingerprint density at radius 1 is 1.00 bits per heavy atom. The first-order valence-electron chi connectivity index (χ1n) is 6.50. The first-order valence-corrected chi connectivity index (χ1v) is 7.94. The molecule has 0 amide bonds. The number of rotatable bonds is 7. The van der Waals surface area contributed by atoms with Gasteiger partial charge in [-0.1, -0.05) is 38.3 Å². The van der Waals surface area contributed by atoms with Gasteiger partial charge in [-0.2, -0.15) is 0 Å². The monoisotopic (exact) mass is 269 g/mol. The fourth-order valence-corrected chi connectivity index (χ4v) is 2.70. The molecule has 0 saturated heterocycles. The molecule has 0 unspecified atom stereocenters. The summed E-state index contributed by atoms with van der Waals surface area (Å²) in [5.74, 6) is 0. The van der Waals surface area contributed by atoms with Crippen LogP contribution in [0.15, 0.2) is 29.2 Å². The van der Waals surface area contributed by atoms with Crippen molar-refractivity contribution in [1.82, 2.24) is 4.31 Å². The highest BCUT2D eigenvalue weighted by molar-refractivity contribution is 7.89. The van der Waals surface area contributed by atoms with Crippen molar-refractivity contribution in [3.63, 3.8) is 0 Å². The molecule has 1 rings (SSSR count). The Morgan fingerprint density at radius 3 is 2.11 bits per heavy atom. The third kappa shape index (κ3) is 4.10. The van der Waals surface area contributed by atoms with Gasteiger partial charge in [0.2, 0.25) is 10.0 Å². The lowest BCUT2D eigenvalue weighted by molar-refractivity contribution is 0.520. The Bertz CT molecular complexity index is 449. The number of aryl methyl sites for hydroxylation is 1. The fourth-order valence-electron chi connectivity index (χ4n) is 1.79. The zero-order valence-electron chi connectivity index (χ0n) is 11.5. The quantitative estimate of drug-likeness (QED) is 0.713. The predicted octanol–water partition coefficient (Wildman–Crippen LogP) is 3.06. The molecule has 1 aromatic rings. The van der Waals surface area contributed by atoms with Crippen molar-refractivity contribution in [2.75, 3.05) is 14.1 Å². The summed E-state index contributed by atoms with van der Waals surface area (Å²) in [4.78, 5) is 0.366. The van der Waals surface area contributed by atoms with Crippen molar-refractivity contribution in [3.05, 3.63) is 29.8 Å². The maximum absolute atomic E-state index is 11.9. The van der Waals surface area contributed by atoms with E-state index in [1.54, 1.807) is 26.2 Å². The van der Waals surface area contributed by atoms with Gasteiger partial charge < -0.3 is 0 Å². The van der Waals surface area contributed by atoms with E-state index in [1.807, 2.05) is 12.1 Å². The highest BCUT2D eigenvalue weighted by Crippen LogP contribution is 2.15. The largest absolute Gasteiger partial charge is 0.242 e. The van der Waals surface area contributed by atoms with Crippen LogP contribution in [0.3, 0.4) is 0 Å². The molecular formula is C14H23NO2S. The minimum absolute atomic E-state index is 0.366. The lowest BCUT2D eigenvalue weighted by Gasteiger charge is -2.11. The minimum Gasteiger partial charge on any atom is -0.207 e. The summed E-state index contributed by atoms with van der Waals surface area (Å²) in [5.41, 5.74) is 1.21. The number of hydrogen-bond donors (Lipinski definition) is 0. The van der Waals surface area contributed by atoms with Gasteiger partial charge in [0.15, 0.2) is 0 Å². The van der Waals surface area contributed by atoms with Gasteiger partial charge in [-0.15, -0.1) is 0 Å². The molecule has 0 aliphatic heterocycles. The smallest absolute Gasteiger partial charge is 0.207 e. The fraction of sp³-hybridized carbons (Fsp3) is 0.571. The topological polar surface area (TPSA) is 37.4 Å². The molecule has 0 aliphatic carbocycles. The van der Waals surface area contributed by atoms with E-state index in [2.05, 4.69) is 6.92 Å². The molecule has 18 heavy (non-hydrogen) atoms. The van der Waals surface area contributed by atoms with E-state index in [0.29, 0.717) is 4.90 Å². The average molecular weight is 269 g/mol. The summed E-state index contributed by atoms with van der Waals surface area (Å²) in [6.45, 7) is 2.20. The van der Waals surface area contributed by atoms with Crippen LogP contribution in [-0.2, 0) is 16.4 Å². The Balaban J connectivity index is 2.63. The normalized spacial score (nSPS) is 12.0. The third-order valence-electron chi connectivity index (χ3n) is 3.02. The number of sulfonamides is 1. The molecule has 1 aromatic carbocycles. The second-order valence-corrected chi connectivity index (χ2v) is 6.89. The summed E-state index contributed by atoms with van der Waals surface area (Å²) in [6, 6.07) is 7.24. The first-order chi connectivity index (χ1) is 8.48. The van der Waals surface area contributed by atoms with Crippen LogP contribution in [0.1, 0.15) is 38.2 Å². The second-order valence-electron chi connectivity index (χ2n) is 4.74. The molecule has 0 aromatic heterocycles. The van der Waals surface area contributed by atoms with Crippen LogP contribution in [-0.4, -0.2) is 26.8 Å². The van der Waals surface area contributed by atoms with E-state index >= 15 is 0 Å². The van der Waals surface area contributed by atoms with E-state index in [-0.39, 0.29) is 0 Å². The van der Waals surface area contributed by atoms with Crippen molar-refractivity contribution in [1.29, 1.82) is 0 Å². The highest BCUT2D eigenvalue weighted by Gasteiger charge is 2.16. The standard InChI is InChI=1S/C14H23NO2S/c1-4-5-6-7-8-13-9-11-14(12-10-13)18(16,17)15(2)3/h9-12H,4-8H2,1-3H3. The molecule has 0 fully saturated rings. The van der Waals surface area contributed by atoms with Gasteiger partial charge in [-0.05, 0) is 30.5 Å². The van der Waals surface area contributed by atoms with Gasteiger partial charge in [0.25, 0.3) is 0 Å². The molecule has 0 spiro atoms. The molecule has 0 radical (unpaired) electrons. The van der Waals surface area contributed by atoms with Gasteiger partial charge in [0.1, 0.15) is 0 Å². The Morgan fingerprint density at radius 2 is 1.61 bits per heavy atom. The van der Waals surface area contributed by atoms with Gasteiger partial charge in [0, 0.05) is 14.1 Å². The van der Waals surface area contributed by atoms with Gasteiger partial charge in [-0.25, -0.2) is 12.7 Å². The van der Waals surface area contributed by atoms with Crippen molar-refractivity contribution in [2.45, 2.75) is 43.9 Å². The number of benzene rings is 1. The summed E-state index contributed by atoms with van der Waals surface area (Å²) >= 11 is 0. The van der Waals surface area contributed by atoms with E-state index in [1.165, 1.54) is 35.6 Å². The summed E-state index contributed by atoms with van der Waals surface area (Å²) in [7, 11) is -0.190. The Hall–Kier alpha value is -0.870. The minimum atomic E-state index is -3.29. The maximum atomic E-state index is 11.9. The van der Waals surface area contributed by atoms with Crippen molar-refractivity contribution in [3.8, 4) is 0 Å². The predicted molar refractivity (Wildman–Crippen MR) is 75.2 cm³/mol. The molecule has 0 heterocycles. The van der Waals surface area contributed by atoms with Crippen LogP contribution in [0.5, 0.6) is 0 Å². The highest BCUT2D eigenvalue weighted by atomic mass is 32.2. The molecule has 3 nitrogen and oxygen atoms in total. The summed E-state index contributed by atoms with van der Waals surface area (Å²) < 4.78 is 25.0. The maximum Gasteiger partial charge on any atom is 0.242 e. The summed E-state index contributed by atoms with van der Waals surface area (Å²) in [5, 5.41) is 0. The van der Waals surface area contributed by atoms with Crippen molar-refractivity contribution >= 4 is 10.0 Å². The SMILES string of the molecule is CCCCCCc1ccc(S(=O)(=O)N(C)C)cc1. The second kappa shape index (κ2) is 6.90. The van der Waals surface area contributed by atoms with Gasteiger partial charge >= 0.3 is 0 Å². The van der Waals surface area contributed by atoms with Gasteiger partial charge in [0.05, 0.1) is 4.90 Å². The van der Waals surface area contributed by atoms with Crippen LogP contribution < -0.4 is 0 Å². The zero-order chi connectivity index (χ0) is 13.6. The van der Waals surface area contributed by atoms with Crippen LogP contribution in [0.4, 0.5) is 0 Å². The zero-order valence-corrected chi connectivity index (χ0v) is 12.3. The lowest BCUT2D eigenvalue weighted by atomic mass is 10.1. The molecule has 0 N–H and O–H groups in total. The molecule has 0 aliphatic rings. The number of unbranched alkanes of at least 4 members (excludes halogenated alkanes) is 3. The molecule has 4 heteroatoms. The molecule has 0 bridgehead atoms. The van der Waals surface area contributed by atoms with Crippen LogP contribution >= 0.6 is 0 Å². The molecule has 0 saturated carbocycles. The van der Waals surface area contributed by atoms with Crippen molar-refractivity contribution < 1.29 is 8.42 Å². The number of nitrogens with zero attached hydrogens (tertiary/aromatic N) is 1. The van der Waals surface area contributed by atoms with Crippen LogP contribution in [0, 0.1) is 0 Å². The Labute approximate surface area is 111 Å². The lowest BCUT2D eigenvalue weighted by Crippen LogP contribution is -2.22. The summed E-state index contributed by atoms with van der Waals surface area (Å²) in [6.07, 6.45) is 5.96. The van der Waals surface area contributed by atoms with Crippen molar-refractivity contribution in [2.24, 2.45) is 0 Å². The van der Waals surface area contributed by atoms with E-state index in [4.69, 9.17) is 0 Å². The van der Waals surface area contributed by atoms with Crippen LogP contribution in [0.25, 0.3) is 0 Å². The average Bonchev–Trinajstić information content (AvgIpc) is 2.35. The molecule has 102 valence electrons. The van der Waals surface area contributed by atoms with E-state index < -0.39 is 10.0 Å². The first kappa shape index (κ1) is 15.2. The van der Waals surface area contributed by atoms with E-state index in [9.17, 15) is 8.42 Å². The Kier molecular flexibility index (Phi) is 5.82. The van der Waals surface area contributed by atoms with Crippen LogP contribution in [0.2, 0.25) is 0 Å².